The van der Waals surface area contributed by atoms with E-state index in [1.54, 1.807) is 12.1 Å². The van der Waals surface area contributed by atoms with Gasteiger partial charge in [0.25, 0.3) is 5.95 Å². The summed E-state index contributed by atoms with van der Waals surface area (Å²) >= 11 is 6.10. The summed E-state index contributed by atoms with van der Waals surface area (Å²) in [5.41, 5.74) is 1.23. The van der Waals surface area contributed by atoms with Crippen molar-refractivity contribution in [3.8, 4) is 5.75 Å². The molecule has 0 fully saturated rings. The summed E-state index contributed by atoms with van der Waals surface area (Å²) in [4.78, 5) is 0. The van der Waals surface area contributed by atoms with Crippen LogP contribution in [0.5, 0.6) is 5.75 Å². The Bertz CT molecular complexity index is 1050. The highest BCUT2D eigenvalue weighted by Gasteiger charge is 2.13. The van der Waals surface area contributed by atoms with E-state index < -0.39 is 5.82 Å². The van der Waals surface area contributed by atoms with Gasteiger partial charge in [-0.1, -0.05) is 53.1 Å². The molecule has 3 aromatic carbocycles. The van der Waals surface area contributed by atoms with Crippen molar-refractivity contribution in [3.05, 3.63) is 76.6 Å². The number of fused-ring (bicyclic) bond motifs is 1. The van der Waals surface area contributed by atoms with E-state index in [1.807, 2.05) is 36.4 Å². The minimum atomic E-state index is -0.394. The van der Waals surface area contributed by atoms with E-state index in [0.717, 1.165) is 16.3 Å². The third kappa shape index (κ3) is 3.68. The molecule has 0 saturated carbocycles. The minimum absolute atomic E-state index is 0.0268. The Balaban J connectivity index is 1.65. The first-order valence-electron chi connectivity index (χ1n) is 8.26. The summed E-state index contributed by atoms with van der Waals surface area (Å²) < 4.78 is 20.0. The van der Waals surface area contributed by atoms with E-state index in [0.29, 0.717) is 28.8 Å². The number of H-pyrrole nitrogens is 1. The van der Waals surface area contributed by atoms with Crippen LogP contribution in [0.1, 0.15) is 11.1 Å². The largest absolute Gasteiger partial charge is 0.488 e. The molecule has 0 aliphatic rings. The summed E-state index contributed by atoms with van der Waals surface area (Å²) in [6.07, 6.45) is 0. The van der Waals surface area contributed by atoms with Crippen molar-refractivity contribution in [3.63, 3.8) is 0 Å². The molecule has 1 heterocycles. The smallest absolute Gasteiger partial charge is 0.263 e. The quantitative estimate of drug-likeness (QED) is 0.518. The monoisotopic (exact) mass is 383 g/mol. The Kier molecular flexibility index (Phi) is 4.84. The normalized spacial score (nSPS) is 10.9. The van der Waals surface area contributed by atoms with Gasteiger partial charge < -0.3 is 10.1 Å². The molecule has 6 nitrogen and oxygen atoms in total. The third-order valence-corrected chi connectivity index (χ3v) is 4.55. The van der Waals surface area contributed by atoms with Gasteiger partial charge in [0.1, 0.15) is 18.2 Å². The lowest BCUT2D eigenvalue weighted by Crippen LogP contribution is -2.06. The molecule has 0 spiro atoms. The second-order valence-electron chi connectivity index (χ2n) is 5.84. The van der Waals surface area contributed by atoms with Crippen molar-refractivity contribution < 1.29 is 9.13 Å². The highest BCUT2D eigenvalue weighted by molar-refractivity contribution is 6.31. The number of hydrogen-bond donors (Lipinski definition) is 2. The molecule has 0 atom stereocenters. The summed E-state index contributed by atoms with van der Waals surface area (Å²) in [7, 11) is 0. The second-order valence-corrected chi connectivity index (χ2v) is 6.25. The van der Waals surface area contributed by atoms with Crippen molar-refractivity contribution in [2.24, 2.45) is 0 Å². The maximum Gasteiger partial charge on any atom is 0.263 e. The maximum atomic E-state index is 14.0. The van der Waals surface area contributed by atoms with Crippen molar-refractivity contribution in [2.45, 2.75) is 13.2 Å². The fourth-order valence-corrected chi connectivity index (χ4v) is 3.08. The highest BCUT2D eigenvalue weighted by atomic mass is 35.5. The fraction of sp³-hybridized carbons (Fsp3) is 0.105. The summed E-state index contributed by atoms with van der Waals surface area (Å²) in [6.45, 7) is 0.445. The molecule has 1 aromatic heterocycles. The lowest BCUT2D eigenvalue weighted by atomic mass is 10.0. The van der Waals surface area contributed by atoms with Crippen molar-refractivity contribution in [1.82, 2.24) is 20.6 Å². The number of aromatic amines is 1. The van der Waals surface area contributed by atoms with Crippen LogP contribution < -0.4 is 10.1 Å². The Hall–Kier alpha value is -3.19. The van der Waals surface area contributed by atoms with Gasteiger partial charge in [-0.15, -0.1) is 5.10 Å². The van der Waals surface area contributed by atoms with Crippen LogP contribution in [0.2, 0.25) is 5.02 Å². The number of rotatable bonds is 6. The van der Waals surface area contributed by atoms with Gasteiger partial charge >= 0.3 is 0 Å². The zero-order valence-electron chi connectivity index (χ0n) is 14.1. The Morgan fingerprint density at radius 3 is 2.74 bits per heavy atom. The average molecular weight is 384 g/mol. The number of hydrogen-bond acceptors (Lipinski definition) is 5. The molecule has 0 saturated heterocycles. The number of anilines is 1. The molecule has 4 rings (SSSR count). The first-order chi connectivity index (χ1) is 13.2. The Labute approximate surface area is 159 Å². The van der Waals surface area contributed by atoms with E-state index in [1.165, 1.54) is 6.07 Å². The fourth-order valence-electron chi connectivity index (χ4n) is 2.86. The summed E-state index contributed by atoms with van der Waals surface area (Å²) in [5.74, 6) is 0.616. The van der Waals surface area contributed by atoms with Crippen LogP contribution in [0.3, 0.4) is 0 Å². The van der Waals surface area contributed by atoms with Gasteiger partial charge in [0.2, 0.25) is 0 Å². The van der Waals surface area contributed by atoms with Gasteiger partial charge in [-0.3, -0.25) is 0 Å². The molecule has 0 radical (unpaired) electrons. The summed E-state index contributed by atoms with van der Waals surface area (Å²) in [5, 5.41) is 19.2. The van der Waals surface area contributed by atoms with E-state index in [-0.39, 0.29) is 6.61 Å². The highest BCUT2D eigenvalue weighted by Crippen LogP contribution is 2.30. The zero-order valence-corrected chi connectivity index (χ0v) is 14.9. The van der Waals surface area contributed by atoms with Crippen LogP contribution in [-0.2, 0) is 13.2 Å². The predicted molar refractivity (Wildman–Crippen MR) is 101 cm³/mol. The molecule has 0 amide bonds. The lowest BCUT2D eigenvalue weighted by Gasteiger charge is -2.15. The number of aromatic nitrogens is 4. The van der Waals surface area contributed by atoms with Crippen LogP contribution in [-0.4, -0.2) is 20.6 Å². The standard InChI is InChI=1S/C19H15ClFN5O/c20-16-6-3-7-17(21)15(16)11-27-18-9-8-12-4-1-2-5-13(12)14(18)10-22-19-23-25-26-24-19/h1-9H,10-11H2,(H2,22,23,24,25,26). The van der Waals surface area contributed by atoms with Gasteiger partial charge in [-0.05, 0) is 34.2 Å². The first kappa shape index (κ1) is 17.2. The number of nitrogens with one attached hydrogen (secondary N) is 2. The maximum absolute atomic E-state index is 14.0. The van der Waals surface area contributed by atoms with Gasteiger partial charge in [0.15, 0.2) is 0 Å². The van der Waals surface area contributed by atoms with E-state index in [4.69, 9.17) is 16.3 Å². The number of tetrazole rings is 1. The molecule has 0 unspecified atom stereocenters. The number of ether oxygens (including phenoxy) is 1. The molecule has 0 aliphatic heterocycles. The van der Waals surface area contributed by atoms with Gasteiger partial charge in [-0.25, -0.2) is 4.39 Å². The molecule has 0 bridgehead atoms. The van der Waals surface area contributed by atoms with E-state index in [2.05, 4.69) is 25.9 Å². The van der Waals surface area contributed by atoms with Gasteiger partial charge in [0.05, 0.1) is 5.02 Å². The Morgan fingerprint density at radius 1 is 1.04 bits per heavy atom. The molecule has 136 valence electrons. The number of nitrogens with zero attached hydrogens (tertiary/aromatic N) is 3. The summed E-state index contributed by atoms with van der Waals surface area (Å²) in [6, 6.07) is 16.4. The van der Waals surface area contributed by atoms with Crippen LogP contribution in [0.4, 0.5) is 10.3 Å². The average Bonchev–Trinajstić information content (AvgIpc) is 3.20. The molecular weight excluding hydrogens is 369 g/mol. The van der Waals surface area contributed by atoms with Crippen LogP contribution in [0, 0.1) is 5.82 Å². The first-order valence-corrected chi connectivity index (χ1v) is 8.64. The molecular formula is C19H15ClFN5O. The minimum Gasteiger partial charge on any atom is -0.488 e. The van der Waals surface area contributed by atoms with Crippen LogP contribution in [0.25, 0.3) is 10.8 Å². The number of benzene rings is 3. The van der Waals surface area contributed by atoms with E-state index in [9.17, 15) is 4.39 Å². The molecule has 0 aliphatic carbocycles. The zero-order chi connectivity index (χ0) is 18.6. The molecule has 4 aromatic rings. The molecule has 2 N–H and O–H groups in total. The van der Waals surface area contributed by atoms with Crippen molar-refractivity contribution >= 4 is 28.3 Å². The SMILES string of the molecule is Fc1cccc(Cl)c1COc1ccc2ccccc2c1CNc1nn[nH]n1. The van der Waals surface area contributed by atoms with Crippen LogP contribution >= 0.6 is 11.6 Å². The molecule has 27 heavy (non-hydrogen) atoms. The lowest BCUT2D eigenvalue weighted by molar-refractivity contribution is 0.297. The van der Waals surface area contributed by atoms with E-state index >= 15 is 0 Å². The van der Waals surface area contributed by atoms with Gasteiger partial charge in [-0.2, -0.15) is 5.21 Å². The van der Waals surface area contributed by atoms with Gasteiger partial charge in [0, 0.05) is 17.7 Å². The topological polar surface area (TPSA) is 75.7 Å². The second kappa shape index (κ2) is 7.59. The Morgan fingerprint density at radius 2 is 1.93 bits per heavy atom. The predicted octanol–water partition coefficient (Wildman–Crippen LogP) is 4.34. The van der Waals surface area contributed by atoms with Crippen molar-refractivity contribution in [2.75, 3.05) is 5.32 Å². The van der Waals surface area contributed by atoms with Crippen molar-refractivity contribution in [1.29, 1.82) is 0 Å². The molecule has 8 heteroatoms. The van der Waals surface area contributed by atoms with Crippen LogP contribution in [0.15, 0.2) is 54.6 Å². The third-order valence-electron chi connectivity index (χ3n) is 4.20. The number of halogens is 2.